The third-order valence-electron chi connectivity index (χ3n) is 1.41. The molecule has 1 aromatic rings. The van der Waals surface area contributed by atoms with E-state index < -0.39 is 0 Å². The molecule has 1 aromatic heterocycles. The standard InChI is InChI=1S/C6H11N3OS/c1-8-5-7-9(6(8)10)3-2-4-11/h5,11H,2-4H2,1H3. The van der Waals surface area contributed by atoms with E-state index >= 15 is 0 Å². The maximum atomic E-state index is 11.1. The van der Waals surface area contributed by atoms with E-state index in [4.69, 9.17) is 0 Å². The van der Waals surface area contributed by atoms with E-state index in [0.717, 1.165) is 12.2 Å². The second kappa shape index (κ2) is 3.61. The van der Waals surface area contributed by atoms with Crippen molar-refractivity contribution in [2.45, 2.75) is 13.0 Å². The van der Waals surface area contributed by atoms with Gasteiger partial charge < -0.3 is 0 Å². The Bertz CT molecular complexity index is 278. The Hall–Kier alpha value is -0.710. The lowest BCUT2D eigenvalue weighted by Gasteiger charge is -1.94. The van der Waals surface area contributed by atoms with Crippen LogP contribution in [0.4, 0.5) is 0 Å². The zero-order valence-electron chi connectivity index (χ0n) is 6.40. The lowest BCUT2D eigenvalue weighted by Crippen LogP contribution is -2.23. The van der Waals surface area contributed by atoms with Gasteiger partial charge in [-0.25, -0.2) is 9.48 Å². The SMILES string of the molecule is Cn1cnn(CCCS)c1=O. The van der Waals surface area contributed by atoms with Crippen LogP contribution in [-0.2, 0) is 13.6 Å². The third-order valence-corrected chi connectivity index (χ3v) is 1.73. The summed E-state index contributed by atoms with van der Waals surface area (Å²) < 4.78 is 2.90. The summed E-state index contributed by atoms with van der Waals surface area (Å²) in [4.78, 5) is 11.1. The van der Waals surface area contributed by atoms with Crippen LogP contribution in [0.1, 0.15) is 6.42 Å². The van der Waals surface area contributed by atoms with Crippen LogP contribution in [-0.4, -0.2) is 20.1 Å². The summed E-state index contributed by atoms with van der Waals surface area (Å²) >= 11 is 4.04. The van der Waals surface area contributed by atoms with Gasteiger partial charge in [0.25, 0.3) is 0 Å². The highest BCUT2D eigenvalue weighted by Crippen LogP contribution is 1.86. The number of aromatic nitrogens is 3. The molecule has 0 spiro atoms. The average molecular weight is 173 g/mol. The summed E-state index contributed by atoms with van der Waals surface area (Å²) in [5.74, 6) is 0.781. The van der Waals surface area contributed by atoms with Crippen molar-refractivity contribution in [2.75, 3.05) is 5.75 Å². The molecule has 0 N–H and O–H groups in total. The highest BCUT2D eigenvalue weighted by molar-refractivity contribution is 7.80. The van der Waals surface area contributed by atoms with Gasteiger partial charge in [0.1, 0.15) is 6.33 Å². The largest absolute Gasteiger partial charge is 0.345 e. The van der Waals surface area contributed by atoms with Crippen LogP contribution < -0.4 is 5.69 Å². The van der Waals surface area contributed by atoms with Gasteiger partial charge in [-0.15, -0.1) is 0 Å². The zero-order valence-corrected chi connectivity index (χ0v) is 7.29. The number of aryl methyl sites for hydroxylation is 2. The number of thiol groups is 1. The first kappa shape index (κ1) is 8.39. The molecule has 0 atom stereocenters. The summed E-state index contributed by atoms with van der Waals surface area (Å²) in [7, 11) is 1.69. The second-order valence-corrected chi connectivity index (χ2v) is 2.77. The van der Waals surface area contributed by atoms with E-state index in [1.807, 2.05) is 0 Å². The maximum absolute atomic E-state index is 11.1. The van der Waals surface area contributed by atoms with Crippen molar-refractivity contribution in [3.63, 3.8) is 0 Å². The molecule has 62 valence electrons. The monoisotopic (exact) mass is 173 g/mol. The molecule has 4 nitrogen and oxygen atoms in total. The van der Waals surface area contributed by atoms with Crippen LogP contribution >= 0.6 is 12.6 Å². The Morgan fingerprint density at radius 2 is 2.45 bits per heavy atom. The van der Waals surface area contributed by atoms with Gasteiger partial charge in [0, 0.05) is 13.6 Å². The number of hydrogen-bond donors (Lipinski definition) is 1. The van der Waals surface area contributed by atoms with Crippen molar-refractivity contribution >= 4 is 12.6 Å². The first-order valence-corrected chi connectivity index (χ1v) is 4.08. The minimum Gasteiger partial charge on any atom is -0.285 e. The molecule has 0 saturated carbocycles. The van der Waals surface area contributed by atoms with E-state index in [9.17, 15) is 4.79 Å². The van der Waals surface area contributed by atoms with E-state index in [1.54, 1.807) is 7.05 Å². The van der Waals surface area contributed by atoms with Gasteiger partial charge >= 0.3 is 5.69 Å². The quantitative estimate of drug-likeness (QED) is 0.648. The maximum Gasteiger partial charge on any atom is 0.345 e. The predicted molar refractivity (Wildman–Crippen MR) is 45.9 cm³/mol. The van der Waals surface area contributed by atoms with Crippen molar-refractivity contribution in [1.82, 2.24) is 14.3 Å². The molecule has 0 fully saturated rings. The Kier molecular flexibility index (Phi) is 2.76. The summed E-state index contributed by atoms with van der Waals surface area (Å²) in [5.41, 5.74) is -0.0632. The molecule has 11 heavy (non-hydrogen) atoms. The Balaban J connectivity index is 2.71. The first-order chi connectivity index (χ1) is 5.25. The molecular formula is C6H11N3OS. The molecule has 0 aliphatic rings. The summed E-state index contributed by atoms with van der Waals surface area (Å²) in [6.45, 7) is 0.656. The highest BCUT2D eigenvalue weighted by atomic mass is 32.1. The Morgan fingerprint density at radius 3 is 2.91 bits per heavy atom. The van der Waals surface area contributed by atoms with Crippen molar-refractivity contribution < 1.29 is 0 Å². The van der Waals surface area contributed by atoms with Crippen molar-refractivity contribution in [1.29, 1.82) is 0 Å². The fourth-order valence-corrected chi connectivity index (χ4v) is 0.936. The summed E-state index contributed by atoms with van der Waals surface area (Å²) in [6, 6.07) is 0. The lowest BCUT2D eigenvalue weighted by molar-refractivity contribution is 0.578. The van der Waals surface area contributed by atoms with Gasteiger partial charge in [-0.1, -0.05) is 0 Å². The number of rotatable bonds is 3. The van der Waals surface area contributed by atoms with Crippen LogP contribution in [0.2, 0.25) is 0 Å². The van der Waals surface area contributed by atoms with Crippen LogP contribution in [0.3, 0.4) is 0 Å². The number of hydrogen-bond acceptors (Lipinski definition) is 3. The van der Waals surface area contributed by atoms with Crippen LogP contribution in [0, 0.1) is 0 Å². The molecule has 0 unspecified atom stereocenters. The normalized spacial score (nSPS) is 10.4. The van der Waals surface area contributed by atoms with E-state index in [2.05, 4.69) is 17.7 Å². The Labute approximate surface area is 70.2 Å². The van der Waals surface area contributed by atoms with Crippen molar-refractivity contribution in [3.05, 3.63) is 16.8 Å². The molecule has 1 heterocycles. The van der Waals surface area contributed by atoms with E-state index in [1.165, 1.54) is 15.6 Å². The Morgan fingerprint density at radius 1 is 1.73 bits per heavy atom. The van der Waals surface area contributed by atoms with Crippen molar-refractivity contribution in [2.24, 2.45) is 7.05 Å². The fourth-order valence-electron chi connectivity index (χ4n) is 0.795. The average Bonchev–Trinajstić information content (AvgIpc) is 2.31. The molecule has 0 radical (unpaired) electrons. The van der Waals surface area contributed by atoms with Gasteiger partial charge in [-0.05, 0) is 12.2 Å². The molecule has 0 amide bonds. The lowest BCUT2D eigenvalue weighted by atomic mass is 10.5. The molecule has 0 bridgehead atoms. The smallest absolute Gasteiger partial charge is 0.285 e. The third kappa shape index (κ3) is 1.86. The molecule has 1 rings (SSSR count). The van der Waals surface area contributed by atoms with Crippen LogP contribution in [0.25, 0.3) is 0 Å². The molecule has 0 aliphatic carbocycles. The van der Waals surface area contributed by atoms with Gasteiger partial charge in [0.2, 0.25) is 0 Å². The molecular weight excluding hydrogens is 162 g/mol. The van der Waals surface area contributed by atoms with Gasteiger partial charge in [-0.2, -0.15) is 17.7 Å². The first-order valence-electron chi connectivity index (χ1n) is 3.45. The second-order valence-electron chi connectivity index (χ2n) is 2.32. The number of nitrogens with zero attached hydrogens (tertiary/aromatic N) is 3. The molecule has 0 saturated heterocycles. The van der Waals surface area contributed by atoms with Crippen molar-refractivity contribution in [3.8, 4) is 0 Å². The summed E-state index contributed by atoms with van der Waals surface area (Å²) in [5, 5.41) is 3.89. The van der Waals surface area contributed by atoms with Gasteiger partial charge in [-0.3, -0.25) is 4.57 Å². The topological polar surface area (TPSA) is 39.8 Å². The minimum atomic E-state index is -0.0632. The minimum absolute atomic E-state index is 0.0632. The molecule has 5 heteroatoms. The summed E-state index contributed by atoms with van der Waals surface area (Å²) in [6.07, 6.45) is 2.39. The molecule has 0 aromatic carbocycles. The highest BCUT2D eigenvalue weighted by Gasteiger charge is 1.98. The van der Waals surface area contributed by atoms with Gasteiger partial charge in [0.15, 0.2) is 0 Å². The van der Waals surface area contributed by atoms with Crippen LogP contribution in [0.5, 0.6) is 0 Å². The predicted octanol–water partition coefficient (Wildman–Crippen LogP) is -0.0983. The van der Waals surface area contributed by atoms with E-state index in [0.29, 0.717) is 6.54 Å². The van der Waals surface area contributed by atoms with E-state index in [-0.39, 0.29) is 5.69 Å². The van der Waals surface area contributed by atoms with Crippen LogP contribution in [0.15, 0.2) is 11.1 Å². The van der Waals surface area contributed by atoms with Gasteiger partial charge in [0.05, 0.1) is 0 Å². The zero-order chi connectivity index (χ0) is 8.27. The molecule has 0 aliphatic heterocycles. The fraction of sp³-hybridized carbons (Fsp3) is 0.667.